The molecule has 0 spiro atoms. The molecule has 12 heavy (non-hydrogen) atoms. The van der Waals surface area contributed by atoms with Crippen molar-refractivity contribution < 1.29 is 0 Å². The Balaban J connectivity index is 3.80. The van der Waals surface area contributed by atoms with Gasteiger partial charge in [-0.2, -0.15) is 0 Å². The van der Waals surface area contributed by atoms with Crippen molar-refractivity contribution in [2.75, 3.05) is 25.7 Å². The van der Waals surface area contributed by atoms with E-state index in [1.165, 1.54) is 12.3 Å². The van der Waals surface area contributed by atoms with Crippen molar-refractivity contribution in [2.24, 2.45) is 0 Å². The second-order valence-corrected chi connectivity index (χ2v) is 10.4. The monoisotopic (exact) mass is 206 g/mol. The van der Waals surface area contributed by atoms with Gasteiger partial charge in [0.25, 0.3) is 0 Å². The third-order valence-electron chi connectivity index (χ3n) is 2.13. The fraction of sp³-hybridized carbons (Fsp3) is 1.00. The van der Waals surface area contributed by atoms with Crippen LogP contribution in [-0.2, 0) is 0 Å². The van der Waals surface area contributed by atoms with Crippen LogP contribution in [0.25, 0.3) is 0 Å². The fourth-order valence-electron chi connectivity index (χ4n) is 1.43. The smallest absolute Gasteiger partial charge is 0.0264 e. The summed E-state index contributed by atoms with van der Waals surface area (Å²) in [5.41, 5.74) is 1.85. The van der Waals surface area contributed by atoms with Crippen molar-refractivity contribution in [1.82, 2.24) is 0 Å². The third kappa shape index (κ3) is 5.50. The lowest BCUT2D eigenvalue weighted by atomic mass is 10.5. The van der Waals surface area contributed by atoms with Crippen LogP contribution in [0.5, 0.6) is 0 Å². The SMILES string of the molecule is CC(C)P(CCP(C)C)C(C)C. The zero-order valence-electron chi connectivity index (χ0n) is 9.46. The van der Waals surface area contributed by atoms with E-state index in [0.29, 0.717) is 15.8 Å². The molecule has 0 unspecified atom stereocenters. The minimum Gasteiger partial charge on any atom is -0.113 e. The summed E-state index contributed by atoms with van der Waals surface area (Å²) in [5, 5.41) is 0. The molecule has 0 aromatic rings. The van der Waals surface area contributed by atoms with Gasteiger partial charge in [-0.25, -0.2) is 0 Å². The van der Waals surface area contributed by atoms with Crippen molar-refractivity contribution in [3.63, 3.8) is 0 Å². The summed E-state index contributed by atoms with van der Waals surface area (Å²) in [6.07, 6.45) is 2.99. The highest BCUT2D eigenvalue weighted by atomic mass is 31.1. The van der Waals surface area contributed by atoms with E-state index in [9.17, 15) is 0 Å². The van der Waals surface area contributed by atoms with Gasteiger partial charge in [0.1, 0.15) is 0 Å². The van der Waals surface area contributed by atoms with Gasteiger partial charge in [0.15, 0.2) is 0 Å². The molecular formula is C10H24P2. The molecule has 0 saturated carbocycles. The lowest BCUT2D eigenvalue weighted by Gasteiger charge is -2.26. The van der Waals surface area contributed by atoms with Gasteiger partial charge < -0.3 is 0 Å². The number of rotatable bonds is 5. The molecule has 0 aromatic heterocycles. The Labute approximate surface area is 81.0 Å². The summed E-state index contributed by atoms with van der Waals surface area (Å²) in [4.78, 5) is 0. The maximum absolute atomic E-state index is 2.39. The first kappa shape index (κ1) is 12.9. The standard InChI is InChI=1S/C10H24P2/c1-9(2)12(10(3)4)8-7-11(5)6/h9-10H,7-8H2,1-6H3. The quantitative estimate of drug-likeness (QED) is 0.596. The summed E-state index contributed by atoms with van der Waals surface area (Å²) in [6.45, 7) is 14.3. The molecule has 0 aromatic carbocycles. The fourth-order valence-corrected chi connectivity index (χ4v) is 6.18. The average molecular weight is 206 g/mol. The molecule has 0 heterocycles. The summed E-state index contributed by atoms with van der Waals surface area (Å²) in [6, 6.07) is 0. The largest absolute Gasteiger partial charge is 0.113 e. The lowest BCUT2D eigenvalue weighted by Crippen LogP contribution is -2.08. The highest BCUT2D eigenvalue weighted by Gasteiger charge is 2.16. The van der Waals surface area contributed by atoms with Crippen LogP contribution in [0.1, 0.15) is 27.7 Å². The van der Waals surface area contributed by atoms with Gasteiger partial charge >= 0.3 is 0 Å². The molecular weight excluding hydrogens is 182 g/mol. The third-order valence-corrected chi connectivity index (χ3v) is 7.00. The van der Waals surface area contributed by atoms with Crippen LogP contribution in [-0.4, -0.2) is 37.0 Å². The van der Waals surface area contributed by atoms with Gasteiger partial charge in [-0.15, -0.1) is 15.8 Å². The van der Waals surface area contributed by atoms with Gasteiger partial charge in [-0.3, -0.25) is 0 Å². The van der Waals surface area contributed by atoms with E-state index in [2.05, 4.69) is 41.0 Å². The molecule has 0 N–H and O–H groups in total. The Morgan fingerprint density at radius 2 is 1.25 bits per heavy atom. The first-order valence-electron chi connectivity index (χ1n) is 4.85. The van der Waals surface area contributed by atoms with Crippen LogP contribution in [0.15, 0.2) is 0 Å². The Morgan fingerprint density at radius 1 is 0.833 bits per heavy atom. The Morgan fingerprint density at radius 3 is 1.50 bits per heavy atom. The number of hydrogen-bond donors (Lipinski definition) is 0. The molecule has 0 atom stereocenters. The highest BCUT2D eigenvalue weighted by molar-refractivity contribution is 7.61. The molecule has 2 heteroatoms. The maximum atomic E-state index is 2.39. The zero-order valence-corrected chi connectivity index (χ0v) is 11.3. The first-order valence-corrected chi connectivity index (χ1v) is 8.94. The molecule has 0 amide bonds. The maximum Gasteiger partial charge on any atom is -0.0264 e. The van der Waals surface area contributed by atoms with Crippen molar-refractivity contribution in [3.05, 3.63) is 0 Å². The zero-order chi connectivity index (χ0) is 9.72. The van der Waals surface area contributed by atoms with Crippen LogP contribution in [0.3, 0.4) is 0 Å². The Kier molecular flexibility index (Phi) is 6.79. The van der Waals surface area contributed by atoms with E-state index in [4.69, 9.17) is 0 Å². The van der Waals surface area contributed by atoms with Crippen molar-refractivity contribution in [3.8, 4) is 0 Å². The minimum absolute atomic E-state index is 0.305. The second-order valence-electron chi connectivity index (χ2n) is 4.23. The lowest BCUT2D eigenvalue weighted by molar-refractivity contribution is 1.00. The summed E-state index contributed by atoms with van der Waals surface area (Å²) >= 11 is 0. The molecule has 0 rings (SSSR count). The molecule has 0 aliphatic carbocycles. The van der Waals surface area contributed by atoms with Crippen molar-refractivity contribution >= 4 is 15.8 Å². The van der Waals surface area contributed by atoms with Crippen molar-refractivity contribution in [2.45, 2.75) is 39.0 Å². The molecule has 0 aliphatic rings. The normalized spacial score (nSPS) is 12.5. The minimum atomic E-state index is 0.305. The van der Waals surface area contributed by atoms with Crippen LogP contribution < -0.4 is 0 Å². The first-order chi connectivity index (χ1) is 5.45. The average Bonchev–Trinajstić information content (AvgIpc) is 1.84. The van der Waals surface area contributed by atoms with E-state index in [1.807, 2.05) is 0 Å². The van der Waals surface area contributed by atoms with Gasteiger partial charge in [-0.1, -0.05) is 27.7 Å². The Bertz CT molecular complexity index is 100. The van der Waals surface area contributed by atoms with Gasteiger partial charge in [0.2, 0.25) is 0 Å². The van der Waals surface area contributed by atoms with Crippen LogP contribution in [0.4, 0.5) is 0 Å². The van der Waals surface area contributed by atoms with E-state index in [1.54, 1.807) is 0 Å². The molecule has 0 radical (unpaired) electrons. The summed E-state index contributed by atoms with van der Waals surface area (Å²) in [7, 11) is 0.639. The highest BCUT2D eigenvalue weighted by Crippen LogP contribution is 2.47. The van der Waals surface area contributed by atoms with Gasteiger partial charge in [0.05, 0.1) is 0 Å². The van der Waals surface area contributed by atoms with Crippen LogP contribution in [0, 0.1) is 0 Å². The van der Waals surface area contributed by atoms with E-state index >= 15 is 0 Å². The topological polar surface area (TPSA) is 0 Å². The van der Waals surface area contributed by atoms with Gasteiger partial charge in [-0.05, 0) is 37.0 Å². The predicted molar refractivity (Wildman–Crippen MR) is 65.7 cm³/mol. The van der Waals surface area contributed by atoms with E-state index in [0.717, 1.165) is 11.3 Å². The molecule has 0 saturated heterocycles. The molecule has 0 bridgehead atoms. The molecule has 74 valence electrons. The second kappa shape index (κ2) is 6.33. The Hall–Kier alpha value is 0.860. The molecule has 0 aliphatic heterocycles. The van der Waals surface area contributed by atoms with Crippen molar-refractivity contribution in [1.29, 1.82) is 0 Å². The van der Waals surface area contributed by atoms with Gasteiger partial charge in [0, 0.05) is 0 Å². The summed E-state index contributed by atoms with van der Waals surface area (Å²) < 4.78 is 0. The molecule has 0 fully saturated rings. The van der Waals surface area contributed by atoms with E-state index in [-0.39, 0.29) is 0 Å². The molecule has 0 nitrogen and oxygen atoms in total. The van der Waals surface area contributed by atoms with Crippen LogP contribution in [0.2, 0.25) is 0 Å². The van der Waals surface area contributed by atoms with Crippen LogP contribution >= 0.6 is 15.8 Å². The van der Waals surface area contributed by atoms with E-state index < -0.39 is 0 Å². The summed E-state index contributed by atoms with van der Waals surface area (Å²) in [5.74, 6) is 0. The number of hydrogen-bond acceptors (Lipinski definition) is 0. The predicted octanol–water partition coefficient (Wildman–Crippen LogP) is 4.03.